The average molecular weight is 452 g/mol. The highest BCUT2D eigenvalue weighted by molar-refractivity contribution is 9.10. The summed E-state index contributed by atoms with van der Waals surface area (Å²) in [7, 11) is 1.65. The molecule has 1 aliphatic heterocycles. The van der Waals surface area contributed by atoms with Crippen LogP contribution in [0.25, 0.3) is 0 Å². The summed E-state index contributed by atoms with van der Waals surface area (Å²) in [6.45, 7) is 2.63. The summed E-state index contributed by atoms with van der Waals surface area (Å²) >= 11 is 3.24. The third-order valence-electron chi connectivity index (χ3n) is 5.01. The highest BCUT2D eigenvalue weighted by Crippen LogP contribution is 2.25. The molecule has 1 aliphatic rings. The number of rotatable bonds is 8. The van der Waals surface area contributed by atoms with Crippen molar-refractivity contribution in [3.63, 3.8) is 0 Å². The van der Waals surface area contributed by atoms with E-state index in [0.717, 1.165) is 18.8 Å². The molecule has 3 rings (SSSR count). The number of halogens is 2. The Kier molecular flexibility index (Phi) is 7.28. The lowest BCUT2D eigenvalue weighted by Gasteiger charge is -2.25. The molecule has 28 heavy (non-hydrogen) atoms. The van der Waals surface area contributed by atoms with Gasteiger partial charge in [0.25, 0.3) is 5.91 Å². The molecular formula is C21H25BrFN2O3+. The molecule has 7 heteroatoms. The van der Waals surface area contributed by atoms with Crippen LogP contribution in [0.3, 0.4) is 0 Å². The first-order chi connectivity index (χ1) is 13.6. The van der Waals surface area contributed by atoms with Crippen LogP contribution in [0.5, 0.6) is 11.5 Å². The van der Waals surface area contributed by atoms with Crippen molar-refractivity contribution < 1.29 is 23.6 Å². The Labute approximate surface area is 172 Å². The molecule has 0 bridgehead atoms. The van der Waals surface area contributed by atoms with Crippen molar-refractivity contribution in [2.75, 3.05) is 33.4 Å². The smallest absolute Gasteiger partial charge is 0.258 e. The number of methoxy groups -OCH3 is 1. The number of carbonyl (C=O) groups is 1. The van der Waals surface area contributed by atoms with E-state index in [4.69, 9.17) is 9.47 Å². The van der Waals surface area contributed by atoms with Gasteiger partial charge >= 0.3 is 0 Å². The summed E-state index contributed by atoms with van der Waals surface area (Å²) in [5.41, 5.74) is 1.18. The minimum Gasteiger partial charge on any atom is -0.497 e. The maximum absolute atomic E-state index is 13.1. The third-order valence-corrected chi connectivity index (χ3v) is 5.63. The number of ether oxygens (including phenoxy) is 2. The van der Waals surface area contributed by atoms with E-state index < -0.39 is 0 Å². The fourth-order valence-corrected chi connectivity index (χ4v) is 3.98. The van der Waals surface area contributed by atoms with Gasteiger partial charge in [0.2, 0.25) is 0 Å². The van der Waals surface area contributed by atoms with Gasteiger partial charge in [-0.05, 0) is 58.4 Å². The number of likely N-dealkylation sites (tertiary alicyclic amines) is 1. The van der Waals surface area contributed by atoms with Gasteiger partial charge < -0.3 is 19.7 Å². The van der Waals surface area contributed by atoms with Crippen molar-refractivity contribution in [2.45, 2.75) is 18.9 Å². The molecule has 1 amide bonds. The summed E-state index contributed by atoms with van der Waals surface area (Å²) in [6, 6.07) is 12.3. The molecule has 1 saturated heterocycles. The highest BCUT2D eigenvalue weighted by atomic mass is 79.9. The molecule has 0 saturated carbocycles. The van der Waals surface area contributed by atoms with Crippen molar-refractivity contribution in [3.8, 4) is 11.5 Å². The Bertz CT molecular complexity index is 795. The summed E-state index contributed by atoms with van der Waals surface area (Å²) in [5.74, 6) is 0.697. The zero-order valence-corrected chi connectivity index (χ0v) is 17.4. The Morgan fingerprint density at radius 2 is 1.93 bits per heavy atom. The normalized spacial score (nSPS) is 15.2. The van der Waals surface area contributed by atoms with Gasteiger partial charge in [-0.15, -0.1) is 0 Å². The molecule has 0 aromatic heterocycles. The predicted molar refractivity (Wildman–Crippen MR) is 108 cm³/mol. The van der Waals surface area contributed by atoms with Gasteiger partial charge in [0.1, 0.15) is 23.4 Å². The van der Waals surface area contributed by atoms with Gasteiger partial charge in [0.15, 0.2) is 6.61 Å². The van der Waals surface area contributed by atoms with Gasteiger partial charge in [0, 0.05) is 18.4 Å². The van der Waals surface area contributed by atoms with Gasteiger partial charge in [-0.2, -0.15) is 0 Å². The number of carbonyl (C=O) groups excluding carboxylic acids is 1. The van der Waals surface area contributed by atoms with Crippen LogP contribution in [0.1, 0.15) is 24.4 Å². The van der Waals surface area contributed by atoms with Gasteiger partial charge in [0.05, 0.1) is 31.2 Å². The Balaban J connectivity index is 1.58. The number of amides is 1. The second-order valence-corrected chi connectivity index (χ2v) is 7.71. The van der Waals surface area contributed by atoms with Crippen LogP contribution in [0.4, 0.5) is 4.39 Å². The molecule has 1 fully saturated rings. The van der Waals surface area contributed by atoms with Crippen molar-refractivity contribution in [2.24, 2.45) is 0 Å². The van der Waals surface area contributed by atoms with Gasteiger partial charge in [-0.25, -0.2) is 4.39 Å². The minimum atomic E-state index is -0.361. The molecule has 5 nitrogen and oxygen atoms in total. The quantitative estimate of drug-likeness (QED) is 0.648. The number of benzene rings is 2. The molecule has 0 aliphatic carbocycles. The second kappa shape index (κ2) is 9.89. The van der Waals surface area contributed by atoms with Crippen molar-refractivity contribution in [1.82, 2.24) is 5.32 Å². The lowest BCUT2D eigenvalue weighted by atomic mass is 10.1. The van der Waals surface area contributed by atoms with Crippen LogP contribution < -0.4 is 19.7 Å². The lowest BCUT2D eigenvalue weighted by molar-refractivity contribution is -0.918. The van der Waals surface area contributed by atoms with Crippen LogP contribution >= 0.6 is 15.9 Å². The minimum absolute atomic E-state index is 0.116. The van der Waals surface area contributed by atoms with E-state index in [9.17, 15) is 9.18 Å². The maximum Gasteiger partial charge on any atom is 0.258 e. The van der Waals surface area contributed by atoms with Crippen molar-refractivity contribution >= 4 is 21.8 Å². The van der Waals surface area contributed by atoms with Crippen molar-refractivity contribution in [1.29, 1.82) is 0 Å². The molecule has 2 aromatic carbocycles. The molecule has 2 aromatic rings. The Morgan fingerprint density at radius 3 is 2.57 bits per heavy atom. The van der Waals surface area contributed by atoms with E-state index in [2.05, 4.69) is 33.4 Å². The van der Waals surface area contributed by atoms with E-state index in [1.807, 2.05) is 12.1 Å². The van der Waals surface area contributed by atoms with Crippen LogP contribution in [0, 0.1) is 5.82 Å². The third kappa shape index (κ3) is 5.45. The first kappa shape index (κ1) is 20.6. The molecule has 2 N–H and O–H groups in total. The van der Waals surface area contributed by atoms with Gasteiger partial charge in [-0.3, -0.25) is 4.79 Å². The summed E-state index contributed by atoms with van der Waals surface area (Å²) in [4.78, 5) is 13.8. The van der Waals surface area contributed by atoms with Crippen LogP contribution in [-0.2, 0) is 4.79 Å². The largest absolute Gasteiger partial charge is 0.497 e. The fourth-order valence-electron chi connectivity index (χ4n) is 3.51. The van der Waals surface area contributed by atoms with E-state index in [-0.39, 0.29) is 24.4 Å². The molecule has 1 heterocycles. The summed E-state index contributed by atoms with van der Waals surface area (Å²) in [5, 5.41) is 2.98. The zero-order chi connectivity index (χ0) is 19.9. The SMILES string of the molecule is COc1ccc([C@@H](CNC(=O)COc2ccc(F)cc2Br)[NH+]2CCCC2)cc1. The van der Waals surface area contributed by atoms with E-state index in [1.54, 1.807) is 7.11 Å². The number of hydrogen-bond acceptors (Lipinski definition) is 3. The summed E-state index contributed by atoms with van der Waals surface area (Å²) < 4.78 is 24.4. The van der Waals surface area contributed by atoms with E-state index in [0.29, 0.717) is 16.8 Å². The lowest BCUT2D eigenvalue weighted by Crippen LogP contribution is -3.11. The molecule has 150 valence electrons. The Morgan fingerprint density at radius 1 is 1.21 bits per heavy atom. The van der Waals surface area contributed by atoms with Crippen LogP contribution in [0.15, 0.2) is 46.9 Å². The molecule has 0 radical (unpaired) electrons. The maximum atomic E-state index is 13.1. The first-order valence-corrected chi connectivity index (χ1v) is 10.2. The fraction of sp³-hybridized carbons (Fsp3) is 0.381. The number of nitrogens with one attached hydrogen (secondary N) is 2. The monoisotopic (exact) mass is 451 g/mol. The highest BCUT2D eigenvalue weighted by Gasteiger charge is 2.27. The Hall–Kier alpha value is -2.12. The van der Waals surface area contributed by atoms with Crippen LogP contribution in [0.2, 0.25) is 0 Å². The second-order valence-electron chi connectivity index (χ2n) is 6.86. The zero-order valence-electron chi connectivity index (χ0n) is 15.8. The van der Waals surface area contributed by atoms with Crippen molar-refractivity contribution in [3.05, 3.63) is 58.3 Å². The molecule has 0 unspecified atom stereocenters. The van der Waals surface area contributed by atoms with E-state index >= 15 is 0 Å². The molecular weight excluding hydrogens is 427 g/mol. The predicted octanol–water partition coefficient (Wildman–Crippen LogP) is 2.51. The standard InChI is InChI=1S/C21H24BrFN2O3/c1-27-17-7-4-15(5-8-17)19(25-10-2-3-11-25)13-24-21(26)14-28-20-9-6-16(23)12-18(20)22/h4-9,12,19H,2-3,10-11,13-14H2,1H3,(H,24,26)/p+1/t19-/m1/s1. The van der Waals surface area contributed by atoms with Crippen LogP contribution in [-0.4, -0.2) is 39.3 Å². The van der Waals surface area contributed by atoms with Gasteiger partial charge in [-0.1, -0.05) is 0 Å². The first-order valence-electron chi connectivity index (χ1n) is 9.40. The topological polar surface area (TPSA) is 52.0 Å². The number of quaternary nitrogens is 1. The number of hydrogen-bond donors (Lipinski definition) is 2. The summed E-state index contributed by atoms with van der Waals surface area (Å²) in [6.07, 6.45) is 2.41. The molecule has 1 atom stereocenters. The van der Waals surface area contributed by atoms with E-state index in [1.165, 1.54) is 41.5 Å². The molecule has 0 spiro atoms. The average Bonchev–Trinajstić information content (AvgIpc) is 3.22.